The molecule has 1 atom stereocenters. The lowest BCUT2D eigenvalue weighted by Gasteiger charge is -2.13. The Hall–Kier alpha value is -1.40. The molecule has 110 valence electrons. The number of hydrogen-bond donors (Lipinski definition) is 2. The highest BCUT2D eigenvalue weighted by Crippen LogP contribution is 2.22. The van der Waals surface area contributed by atoms with Crippen molar-refractivity contribution in [3.05, 3.63) is 34.9 Å². The number of aliphatic carboxylic acids is 1. The van der Waals surface area contributed by atoms with Gasteiger partial charge in [-0.3, -0.25) is 0 Å². The molecule has 0 bridgehead atoms. The number of aryl methyl sites for hydroxylation is 1. The average Bonchev–Trinajstić information content (AvgIpc) is 2.44. The Balaban J connectivity index is 3.12. The van der Waals surface area contributed by atoms with Crippen LogP contribution in [0.1, 0.15) is 40.9 Å². The molecule has 0 aliphatic carbocycles. The summed E-state index contributed by atoms with van der Waals surface area (Å²) in [6, 6.07) is 4.52. The van der Waals surface area contributed by atoms with Crippen LogP contribution in [-0.2, 0) is 16.0 Å². The van der Waals surface area contributed by atoms with E-state index in [1.54, 1.807) is 13.0 Å². The first-order valence-corrected chi connectivity index (χ1v) is 7.40. The average molecular weight is 345 g/mol. The van der Waals surface area contributed by atoms with Crippen molar-refractivity contribution in [2.45, 2.75) is 25.9 Å². The number of aliphatic hydroxyl groups excluding tert-OH is 1. The summed E-state index contributed by atoms with van der Waals surface area (Å²) in [5.74, 6) is -1.77. The molecule has 6 heteroatoms. The minimum absolute atomic E-state index is 0.273. The lowest BCUT2D eigenvalue weighted by Crippen LogP contribution is -2.14. The summed E-state index contributed by atoms with van der Waals surface area (Å²) in [4.78, 5) is 22.6. The molecular weight excluding hydrogens is 328 g/mol. The first-order valence-electron chi connectivity index (χ1n) is 6.28. The molecule has 0 saturated heterocycles. The van der Waals surface area contributed by atoms with E-state index >= 15 is 0 Å². The smallest absolute Gasteiger partial charge is 0.338 e. The van der Waals surface area contributed by atoms with Crippen LogP contribution in [0.4, 0.5) is 0 Å². The summed E-state index contributed by atoms with van der Waals surface area (Å²) in [5.41, 5.74) is 1.31. The number of rotatable bonds is 7. The maximum Gasteiger partial charge on any atom is 0.338 e. The standard InChI is InChI=1S/C14H17BrO5/c1-2-20-14(19)10-5-6-11(12(16)13(17)18)9(8-10)4-3-7-15/h5-6,8,12,16H,2-4,7H2,1H3,(H,17,18). The second kappa shape index (κ2) is 8.01. The summed E-state index contributed by atoms with van der Waals surface area (Å²) >= 11 is 3.30. The number of aliphatic hydroxyl groups is 1. The molecule has 1 aromatic rings. The van der Waals surface area contributed by atoms with E-state index in [0.29, 0.717) is 23.1 Å². The molecule has 20 heavy (non-hydrogen) atoms. The van der Waals surface area contributed by atoms with Gasteiger partial charge in [0.15, 0.2) is 6.10 Å². The first-order chi connectivity index (χ1) is 9.51. The SMILES string of the molecule is CCOC(=O)c1ccc(C(O)C(=O)O)c(CCCBr)c1. The first kappa shape index (κ1) is 16.7. The maximum atomic E-state index is 11.7. The Morgan fingerprint density at radius 2 is 2.10 bits per heavy atom. The minimum atomic E-state index is -1.59. The van der Waals surface area contributed by atoms with Crippen LogP contribution in [-0.4, -0.2) is 34.1 Å². The molecule has 1 rings (SSSR count). The zero-order valence-corrected chi connectivity index (χ0v) is 12.7. The molecule has 1 aromatic carbocycles. The van der Waals surface area contributed by atoms with Gasteiger partial charge >= 0.3 is 11.9 Å². The van der Waals surface area contributed by atoms with Gasteiger partial charge in [-0.15, -0.1) is 0 Å². The molecule has 0 spiro atoms. The Kier molecular flexibility index (Phi) is 6.67. The van der Waals surface area contributed by atoms with Gasteiger partial charge in [0.2, 0.25) is 0 Å². The lowest BCUT2D eigenvalue weighted by atomic mass is 9.96. The van der Waals surface area contributed by atoms with Gasteiger partial charge in [0.25, 0.3) is 0 Å². The Bertz CT molecular complexity index is 486. The van der Waals surface area contributed by atoms with E-state index < -0.39 is 18.0 Å². The number of benzene rings is 1. The number of carbonyl (C=O) groups is 2. The van der Waals surface area contributed by atoms with E-state index in [4.69, 9.17) is 9.84 Å². The van der Waals surface area contributed by atoms with Crippen LogP contribution in [0.25, 0.3) is 0 Å². The van der Waals surface area contributed by atoms with E-state index in [1.807, 2.05) is 0 Å². The molecule has 0 amide bonds. The fraction of sp³-hybridized carbons (Fsp3) is 0.429. The predicted molar refractivity (Wildman–Crippen MR) is 77.1 cm³/mol. The van der Waals surface area contributed by atoms with Crippen molar-refractivity contribution < 1.29 is 24.5 Å². The molecule has 1 unspecified atom stereocenters. The Morgan fingerprint density at radius 3 is 2.65 bits per heavy atom. The third-order valence-corrected chi connectivity index (χ3v) is 3.32. The van der Waals surface area contributed by atoms with Crippen LogP contribution in [0.15, 0.2) is 18.2 Å². The molecule has 0 radical (unpaired) electrons. The summed E-state index contributed by atoms with van der Waals surface area (Å²) < 4.78 is 4.91. The van der Waals surface area contributed by atoms with Crippen LogP contribution >= 0.6 is 15.9 Å². The summed E-state index contributed by atoms with van der Waals surface area (Å²) in [6.07, 6.45) is -0.249. The molecule has 0 heterocycles. The van der Waals surface area contributed by atoms with Gasteiger partial charge in [-0.05, 0) is 43.0 Å². The monoisotopic (exact) mass is 344 g/mol. The third-order valence-electron chi connectivity index (χ3n) is 2.76. The van der Waals surface area contributed by atoms with Gasteiger partial charge in [-0.1, -0.05) is 22.0 Å². The molecule has 0 aliphatic rings. The minimum Gasteiger partial charge on any atom is -0.479 e. The van der Waals surface area contributed by atoms with Crippen molar-refractivity contribution >= 4 is 27.9 Å². The van der Waals surface area contributed by atoms with Crippen molar-refractivity contribution in [3.63, 3.8) is 0 Å². The van der Waals surface area contributed by atoms with Crippen molar-refractivity contribution in [1.29, 1.82) is 0 Å². The van der Waals surface area contributed by atoms with Gasteiger partial charge in [0.1, 0.15) is 0 Å². The van der Waals surface area contributed by atoms with Crippen LogP contribution in [0.5, 0.6) is 0 Å². The van der Waals surface area contributed by atoms with Crippen molar-refractivity contribution in [2.24, 2.45) is 0 Å². The molecular formula is C14H17BrO5. The molecule has 5 nitrogen and oxygen atoms in total. The van der Waals surface area contributed by atoms with E-state index in [9.17, 15) is 14.7 Å². The second-order valence-electron chi connectivity index (χ2n) is 4.17. The van der Waals surface area contributed by atoms with E-state index in [1.165, 1.54) is 12.1 Å². The quantitative estimate of drug-likeness (QED) is 0.585. The molecule has 2 N–H and O–H groups in total. The lowest BCUT2D eigenvalue weighted by molar-refractivity contribution is -0.147. The highest BCUT2D eigenvalue weighted by molar-refractivity contribution is 9.09. The van der Waals surface area contributed by atoms with E-state index in [2.05, 4.69) is 15.9 Å². The normalized spacial score (nSPS) is 11.9. The number of carboxylic acids is 1. The van der Waals surface area contributed by atoms with Crippen LogP contribution < -0.4 is 0 Å². The third kappa shape index (κ3) is 4.31. The number of carbonyl (C=O) groups excluding carboxylic acids is 1. The number of alkyl halides is 1. The largest absolute Gasteiger partial charge is 0.479 e. The Morgan fingerprint density at radius 1 is 1.40 bits per heavy atom. The number of carboxylic acid groups (broad SMARTS) is 1. The number of ether oxygens (including phenoxy) is 1. The number of halogens is 1. The van der Waals surface area contributed by atoms with E-state index in [0.717, 1.165) is 11.8 Å². The van der Waals surface area contributed by atoms with Crippen molar-refractivity contribution in [1.82, 2.24) is 0 Å². The number of hydrogen-bond acceptors (Lipinski definition) is 4. The fourth-order valence-electron chi connectivity index (χ4n) is 1.82. The molecule has 0 fully saturated rings. The van der Waals surface area contributed by atoms with Gasteiger partial charge < -0.3 is 14.9 Å². The fourth-order valence-corrected chi connectivity index (χ4v) is 2.10. The topological polar surface area (TPSA) is 83.8 Å². The Labute approximate surface area is 125 Å². The zero-order chi connectivity index (χ0) is 15.1. The summed E-state index contributed by atoms with van der Waals surface area (Å²) in [5, 5.41) is 19.3. The zero-order valence-electron chi connectivity index (χ0n) is 11.1. The van der Waals surface area contributed by atoms with Gasteiger partial charge in [0.05, 0.1) is 12.2 Å². The molecule has 0 aromatic heterocycles. The molecule has 0 saturated carbocycles. The molecule has 0 aliphatic heterocycles. The second-order valence-corrected chi connectivity index (χ2v) is 4.96. The van der Waals surface area contributed by atoms with Gasteiger partial charge in [-0.2, -0.15) is 0 Å². The van der Waals surface area contributed by atoms with Gasteiger partial charge in [-0.25, -0.2) is 9.59 Å². The number of esters is 1. The van der Waals surface area contributed by atoms with Crippen molar-refractivity contribution in [3.8, 4) is 0 Å². The summed E-state index contributed by atoms with van der Waals surface area (Å²) in [7, 11) is 0. The maximum absolute atomic E-state index is 11.7. The predicted octanol–water partition coefficient (Wildman–Crippen LogP) is 2.31. The van der Waals surface area contributed by atoms with E-state index in [-0.39, 0.29) is 6.61 Å². The van der Waals surface area contributed by atoms with Crippen LogP contribution in [0, 0.1) is 0 Å². The van der Waals surface area contributed by atoms with Crippen LogP contribution in [0.2, 0.25) is 0 Å². The van der Waals surface area contributed by atoms with Crippen molar-refractivity contribution in [2.75, 3.05) is 11.9 Å². The van der Waals surface area contributed by atoms with Crippen LogP contribution in [0.3, 0.4) is 0 Å². The summed E-state index contributed by atoms with van der Waals surface area (Å²) in [6.45, 7) is 1.99. The van der Waals surface area contributed by atoms with Gasteiger partial charge in [0, 0.05) is 5.33 Å². The highest BCUT2D eigenvalue weighted by Gasteiger charge is 2.20. The highest BCUT2D eigenvalue weighted by atomic mass is 79.9.